The number of aryl methyl sites for hydroxylation is 3. The average Bonchev–Trinajstić information content (AvgIpc) is 2.62. The van der Waals surface area contributed by atoms with Gasteiger partial charge in [0, 0.05) is 5.69 Å². The normalized spacial score (nSPS) is 10.8. The van der Waals surface area contributed by atoms with Crippen molar-refractivity contribution in [3.8, 4) is 0 Å². The van der Waals surface area contributed by atoms with Crippen molar-refractivity contribution in [2.45, 2.75) is 34.1 Å². The fourth-order valence-corrected chi connectivity index (χ4v) is 2.58. The van der Waals surface area contributed by atoms with Gasteiger partial charge in [0.25, 0.3) is 0 Å². The van der Waals surface area contributed by atoms with Gasteiger partial charge in [0.2, 0.25) is 0 Å². The Morgan fingerprint density at radius 3 is 2.23 bits per heavy atom. The van der Waals surface area contributed by atoms with Crippen LogP contribution in [0, 0.1) is 20.8 Å². The van der Waals surface area contributed by atoms with Gasteiger partial charge in [0.05, 0.1) is 17.6 Å². The van der Waals surface area contributed by atoms with E-state index in [4.69, 9.17) is 4.74 Å². The number of carbonyl (C=O) groups is 1. The van der Waals surface area contributed by atoms with Crippen LogP contribution in [0.15, 0.2) is 36.4 Å². The number of fused-ring (bicyclic) bond motifs is 1. The molecule has 134 valence electrons. The minimum absolute atomic E-state index is 0.203. The van der Waals surface area contributed by atoms with Crippen LogP contribution < -0.4 is 5.32 Å². The first-order valence-electron chi connectivity index (χ1n) is 8.77. The summed E-state index contributed by atoms with van der Waals surface area (Å²) in [6, 6.07) is 11.8. The maximum absolute atomic E-state index is 12.5. The van der Waals surface area contributed by atoms with Gasteiger partial charge in [-0.2, -0.15) is 0 Å². The Hall–Kier alpha value is -2.95. The third-order valence-corrected chi connectivity index (χ3v) is 4.22. The van der Waals surface area contributed by atoms with Crippen LogP contribution in [0.4, 0.5) is 11.5 Å². The molecular weight excluding hydrogens is 326 g/mol. The van der Waals surface area contributed by atoms with Gasteiger partial charge in [-0.3, -0.25) is 0 Å². The van der Waals surface area contributed by atoms with Crippen molar-refractivity contribution in [1.29, 1.82) is 0 Å². The molecule has 1 aromatic heterocycles. The van der Waals surface area contributed by atoms with E-state index in [1.165, 1.54) is 0 Å². The summed E-state index contributed by atoms with van der Waals surface area (Å²) in [7, 11) is 0. The highest BCUT2D eigenvalue weighted by atomic mass is 16.5. The maximum atomic E-state index is 12.5. The lowest BCUT2D eigenvalue weighted by atomic mass is 10.1. The predicted octanol–water partition coefficient (Wildman–Crippen LogP) is 4.87. The Bertz CT molecular complexity index is 950. The smallest absolute Gasteiger partial charge is 0.360 e. The number of rotatable bonds is 5. The number of nitrogens with zero attached hydrogens (tertiary/aromatic N) is 2. The third-order valence-electron chi connectivity index (χ3n) is 4.22. The second-order valence-electron chi connectivity index (χ2n) is 6.47. The molecule has 5 heteroatoms. The second-order valence-corrected chi connectivity index (χ2v) is 6.47. The minimum Gasteiger partial charge on any atom is -0.461 e. The Kier molecular flexibility index (Phi) is 5.16. The van der Waals surface area contributed by atoms with Crippen molar-refractivity contribution in [2.24, 2.45) is 0 Å². The van der Waals surface area contributed by atoms with Crippen molar-refractivity contribution < 1.29 is 9.53 Å². The van der Waals surface area contributed by atoms with Crippen molar-refractivity contribution in [2.75, 3.05) is 11.9 Å². The van der Waals surface area contributed by atoms with Crippen molar-refractivity contribution in [3.63, 3.8) is 0 Å². The van der Waals surface area contributed by atoms with Gasteiger partial charge in [-0.25, -0.2) is 14.8 Å². The number of carbonyl (C=O) groups excluding carboxylic acids is 1. The number of hydrogen-bond donors (Lipinski definition) is 1. The van der Waals surface area contributed by atoms with E-state index in [0.717, 1.165) is 34.3 Å². The molecule has 0 saturated carbocycles. The molecule has 2 aromatic carbocycles. The largest absolute Gasteiger partial charge is 0.461 e. The maximum Gasteiger partial charge on any atom is 0.360 e. The van der Waals surface area contributed by atoms with Crippen LogP contribution in [0.5, 0.6) is 0 Å². The average molecular weight is 349 g/mol. The van der Waals surface area contributed by atoms with Crippen LogP contribution in [0.25, 0.3) is 11.0 Å². The molecule has 0 radical (unpaired) electrons. The summed E-state index contributed by atoms with van der Waals surface area (Å²) in [5.41, 5.74) is 5.88. The van der Waals surface area contributed by atoms with Crippen LogP contribution in [-0.4, -0.2) is 22.5 Å². The number of esters is 1. The fourth-order valence-electron chi connectivity index (χ4n) is 2.58. The topological polar surface area (TPSA) is 64.1 Å². The second kappa shape index (κ2) is 7.52. The Morgan fingerprint density at radius 2 is 1.62 bits per heavy atom. The summed E-state index contributed by atoms with van der Waals surface area (Å²) in [4.78, 5) is 21.7. The van der Waals surface area contributed by atoms with E-state index < -0.39 is 5.97 Å². The number of aromatic nitrogens is 2. The van der Waals surface area contributed by atoms with E-state index >= 15 is 0 Å². The molecule has 0 atom stereocenters. The van der Waals surface area contributed by atoms with Crippen LogP contribution >= 0.6 is 0 Å². The van der Waals surface area contributed by atoms with E-state index in [1.54, 1.807) is 0 Å². The van der Waals surface area contributed by atoms with Gasteiger partial charge in [-0.1, -0.05) is 24.6 Å². The van der Waals surface area contributed by atoms with Gasteiger partial charge in [0.1, 0.15) is 0 Å². The molecule has 0 saturated heterocycles. The van der Waals surface area contributed by atoms with Crippen LogP contribution in [-0.2, 0) is 4.74 Å². The van der Waals surface area contributed by atoms with E-state index in [0.29, 0.717) is 17.9 Å². The highest BCUT2D eigenvalue weighted by molar-refractivity contribution is 5.96. The number of ether oxygens (including phenoxy) is 1. The molecule has 0 aliphatic heterocycles. The Balaban J connectivity index is 2.08. The van der Waals surface area contributed by atoms with E-state index in [9.17, 15) is 4.79 Å². The summed E-state index contributed by atoms with van der Waals surface area (Å²) in [5, 5.41) is 3.21. The molecule has 0 spiro atoms. The van der Waals surface area contributed by atoms with Crippen LogP contribution in [0.1, 0.15) is 40.5 Å². The molecule has 5 nitrogen and oxygen atoms in total. The molecule has 0 fully saturated rings. The molecule has 1 N–H and O–H groups in total. The van der Waals surface area contributed by atoms with Crippen molar-refractivity contribution in [3.05, 3.63) is 58.8 Å². The van der Waals surface area contributed by atoms with Gasteiger partial charge in [-0.05, 0) is 62.6 Å². The third kappa shape index (κ3) is 3.82. The number of hydrogen-bond acceptors (Lipinski definition) is 5. The monoisotopic (exact) mass is 349 g/mol. The molecule has 0 bridgehead atoms. The lowest BCUT2D eigenvalue weighted by Gasteiger charge is -2.12. The summed E-state index contributed by atoms with van der Waals surface area (Å²) in [6.45, 7) is 8.39. The molecule has 1 heterocycles. The van der Waals surface area contributed by atoms with E-state index in [2.05, 4.69) is 15.3 Å². The van der Waals surface area contributed by atoms with E-state index in [-0.39, 0.29) is 5.69 Å². The fraction of sp³-hybridized carbons (Fsp3) is 0.286. The van der Waals surface area contributed by atoms with Gasteiger partial charge >= 0.3 is 5.97 Å². The zero-order chi connectivity index (χ0) is 18.7. The first-order chi connectivity index (χ1) is 12.5. The minimum atomic E-state index is -0.464. The van der Waals surface area contributed by atoms with Gasteiger partial charge in [-0.15, -0.1) is 0 Å². The number of benzene rings is 2. The zero-order valence-electron chi connectivity index (χ0n) is 15.6. The van der Waals surface area contributed by atoms with E-state index in [1.807, 2.05) is 64.1 Å². The summed E-state index contributed by atoms with van der Waals surface area (Å²) in [6.07, 6.45) is 0.756. The summed E-state index contributed by atoms with van der Waals surface area (Å²) < 4.78 is 5.30. The van der Waals surface area contributed by atoms with Gasteiger partial charge in [0.15, 0.2) is 11.5 Å². The first kappa shape index (κ1) is 17.9. The van der Waals surface area contributed by atoms with Crippen molar-refractivity contribution >= 4 is 28.5 Å². The zero-order valence-corrected chi connectivity index (χ0v) is 15.6. The first-order valence-corrected chi connectivity index (χ1v) is 8.77. The van der Waals surface area contributed by atoms with Crippen molar-refractivity contribution in [1.82, 2.24) is 9.97 Å². The standard InChI is InChI=1S/C21H23N3O2/c1-5-10-26-21(25)19-20(22-16-8-6-13(2)7-9-16)24-18-12-15(4)14(3)11-17(18)23-19/h6-9,11-12H,5,10H2,1-4H3,(H,22,24). The molecule has 0 amide bonds. The lowest BCUT2D eigenvalue weighted by Crippen LogP contribution is -2.13. The summed E-state index contributed by atoms with van der Waals surface area (Å²) in [5.74, 6) is -0.0557. The molecule has 3 aromatic rings. The lowest BCUT2D eigenvalue weighted by molar-refractivity contribution is 0.0499. The quantitative estimate of drug-likeness (QED) is 0.666. The molecule has 26 heavy (non-hydrogen) atoms. The summed E-state index contributed by atoms with van der Waals surface area (Å²) >= 11 is 0. The molecular formula is C21H23N3O2. The molecule has 3 rings (SSSR count). The van der Waals surface area contributed by atoms with Crippen LogP contribution in [0.2, 0.25) is 0 Å². The Morgan fingerprint density at radius 1 is 1.00 bits per heavy atom. The predicted molar refractivity (Wildman–Crippen MR) is 104 cm³/mol. The van der Waals surface area contributed by atoms with Gasteiger partial charge < -0.3 is 10.1 Å². The van der Waals surface area contributed by atoms with Crippen LogP contribution in [0.3, 0.4) is 0 Å². The highest BCUT2D eigenvalue weighted by Gasteiger charge is 2.18. The molecule has 0 aliphatic carbocycles. The highest BCUT2D eigenvalue weighted by Crippen LogP contribution is 2.24. The number of anilines is 2. The number of nitrogens with one attached hydrogen (secondary N) is 1. The SMILES string of the molecule is CCCOC(=O)c1nc2cc(C)c(C)cc2nc1Nc1ccc(C)cc1. The molecule has 0 unspecified atom stereocenters. The molecule has 0 aliphatic rings. The Labute approximate surface area is 153 Å².